The Morgan fingerprint density at radius 2 is 1.77 bits per heavy atom. The maximum absolute atomic E-state index is 12.7. The normalized spacial score (nSPS) is 42.6. The molecule has 14 heteroatoms. The molecule has 3 spiro atoms. The predicted octanol–water partition coefficient (Wildman–Crippen LogP) is 5.22. The molecule has 7 rings (SSSR count). The molecule has 14 nitrogen and oxygen atoms in total. The van der Waals surface area contributed by atoms with Crippen molar-refractivity contribution < 1.29 is 68.2 Å². The monoisotopic (exact) mass is 875 g/mol. The van der Waals surface area contributed by atoms with Crippen molar-refractivity contribution in [1.29, 1.82) is 0 Å². The number of carbonyl (C=O) groups excluding carboxylic acids is 1. The molecule has 7 aliphatic heterocycles. The van der Waals surface area contributed by atoms with Crippen molar-refractivity contribution in [2.45, 2.75) is 209 Å². The summed E-state index contributed by atoms with van der Waals surface area (Å²) in [6.07, 6.45) is 9.32. The molecule has 6 saturated heterocycles. The third-order valence-corrected chi connectivity index (χ3v) is 14.6. The third kappa shape index (κ3) is 10.5. The van der Waals surface area contributed by atoms with Gasteiger partial charge < -0.3 is 63.4 Å². The summed E-state index contributed by atoms with van der Waals surface area (Å²) >= 11 is 0. The minimum Gasteiger partial charge on any atom is -0.459 e. The zero-order chi connectivity index (χ0) is 44.6. The summed E-state index contributed by atoms with van der Waals surface area (Å²) in [6, 6.07) is 0. The van der Waals surface area contributed by atoms with E-state index in [0.717, 1.165) is 50.7 Å². The average molecular weight is 875 g/mol. The summed E-state index contributed by atoms with van der Waals surface area (Å²) < 4.78 is 50.7. The number of hydrogen-bond acceptors (Lipinski definition) is 14. The molecule has 0 saturated carbocycles. The van der Waals surface area contributed by atoms with Gasteiger partial charge in [-0.3, -0.25) is 0 Å². The maximum atomic E-state index is 12.7. The van der Waals surface area contributed by atoms with E-state index in [4.69, 9.17) is 37.9 Å². The minimum atomic E-state index is -1.87. The van der Waals surface area contributed by atoms with Crippen LogP contribution in [0, 0.1) is 17.8 Å². The van der Waals surface area contributed by atoms with Gasteiger partial charge in [0.25, 0.3) is 0 Å². The molecule has 62 heavy (non-hydrogen) atoms. The Labute approximate surface area is 367 Å². The van der Waals surface area contributed by atoms with Gasteiger partial charge in [-0.2, -0.15) is 0 Å². The highest BCUT2D eigenvalue weighted by atomic mass is 16.7. The van der Waals surface area contributed by atoms with Crippen LogP contribution in [0.5, 0.6) is 0 Å². The summed E-state index contributed by atoms with van der Waals surface area (Å²) in [5, 5.41) is 54.6. The van der Waals surface area contributed by atoms with Crippen molar-refractivity contribution in [1.82, 2.24) is 0 Å². The van der Waals surface area contributed by atoms with Crippen molar-refractivity contribution >= 4 is 5.97 Å². The van der Waals surface area contributed by atoms with Crippen LogP contribution in [0.2, 0.25) is 0 Å². The maximum Gasteiger partial charge on any atom is 0.338 e. The standard InChI is InChI=1S/C48H74O14/c1-28-22-38(60-48(24-28)39(51)13-12-35(59-48)25-45(7,54)44(53)55-27-29(2)26-49)30(3)10-11-34-15-19-47(58-34)20-16-37-43(62-47)40(52)33(6)42(57-37)36(50)23-32(5)41-31(4)14-18-46(61-41)17-8-9-21-56-46/h10-11,24,30-32,34-43,49-52,54H,2,6,8-9,12-23,25-27H2,1,3-5,7H3. The molecular weight excluding hydrogens is 801 g/mol. The van der Waals surface area contributed by atoms with E-state index in [1.807, 2.05) is 26.0 Å². The summed E-state index contributed by atoms with van der Waals surface area (Å²) in [6.45, 7) is 17.7. The molecule has 7 heterocycles. The van der Waals surface area contributed by atoms with E-state index in [-0.39, 0.29) is 49.8 Å². The summed E-state index contributed by atoms with van der Waals surface area (Å²) in [7, 11) is 0. The number of hydrogen-bond donors (Lipinski definition) is 5. The van der Waals surface area contributed by atoms with Crippen molar-refractivity contribution in [3.8, 4) is 0 Å². The molecule has 0 aromatic carbocycles. The predicted molar refractivity (Wildman–Crippen MR) is 227 cm³/mol. The van der Waals surface area contributed by atoms with Crippen LogP contribution < -0.4 is 0 Å². The lowest BCUT2D eigenvalue weighted by atomic mass is 9.79. The molecule has 0 aromatic rings. The SMILES string of the molecule is C=C(CO)COC(=O)C(C)(O)CC1CCC(O)C2(C=C(C)CC(C(C)C=CC3CCC4(CCC5OC(C(O)CC(C)C6OC7(CCCCO7)CCC6C)C(=C)C(O)C5O4)O3)O2)O1. The molecule has 0 aliphatic carbocycles. The van der Waals surface area contributed by atoms with Gasteiger partial charge in [0.05, 0.1) is 49.8 Å². The molecule has 5 N–H and O–H groups in total. The van der Waals surface area contributed by atoms with Gasteiger partial charge in [0.2, 0.25) is 5.79 Å². The van der Waals surface area contributed by atoms with Gasteiger partial charge in [0.1, 0.15) is 31.0 Å². The van der Waals surface area contributed by atoms with Crippen LogP contribution in [-0.2, 0) is 42.7 Å². The van der Waals surface area contributed by atoms with Crippen LogP contribution in [0.15, 0.2) is 48.1 Å². The van der Waals surface area contributed by atoms with E-state index >= 15 is 0 Å². The molecule has 17 unspecified atom stereocenters. The molecule has 7 aliphatic rings. The zero-order valence-electron chi connectivity index (χ0n) is 37.6. The number of ether oxygens (including phenoxy) is 8. The Morgan fingerprint density at radius 3 is 2.52 bits per heavy atom. The van der Waals surface area contributed by atoms with E-state index in [1.165, 1.54) is 6.92 Å². The molecule has 0 amide bonds. The highest BCUT2D eigenvalue weighted by Gasteiger charge is 2.55. The first-order chi connectivity index (χ1) is 29.4. The van der Waals surface area contributed by atoms with Gasteiger partial charge in [-0.1, -0.05) is 51.7 Å². The van der Waals surface area contributed by atoms with Crippen LogP contribution in [0.3, 0.4) is 0 Å². The Bertz CT molecular complexity index is 1650. The minimum absolute atomic E-state index is 0.0452. The van der Waals surface area contributed by atoms with Gasteiger partial charge >= 0.3 is 5.97 Å². The highest BCUT2D eigenvalue weighted by Crippen LogP contribution is 2.47. The van der Waals surface area contributed by atoms with Crippen molar-refractivity contribution in [2.24, 2.45) is 17.8 Å². The number of carbonyl (C=O) groups is 1. The van der Waals surface area contributed by atoms with Crippen LogP contribution >= 0.6 is 0 Å². The van der Waals surface area contributed by atoms with E-state index < -0.39 is 71.7 Å². The molecule has 0 aromatic heterocycles. The Balaban J connectivity index is 0.909. The molecule has 0 radical (unpaired) electrons. The topological polar surface area (TPSA) is 192 Å². The second kappa shape index (κ2) is 19.4. The molecule has 17 atom stereocenters. The number of esters is 1. The van der Waals surface area contributed by atoms with Gasteiger partial charge in [0, 0.05) is 38.0 Å². The van der Waals surface area contributed by atoms with E-state index in [1.54, 1.807) is 0 Å². The van der Waals surface area contributed by atoms with Gasteiger partial charge in [-0.15, -0.1) is 0 Å². The molecule has 350 valence electrons. The molecular formula is C48H74O14. The fraction of sp³-hybridized carbons (Fsp3) is 0.812. The van der Waals surface area contributed by atoms with Crippen molar-refractivity contribution in [3.05, 3.63) is 48.1 Å². The second-order valence-electron chi connectivity index (χ2n) is 20.0. The van der Waals surface area contributed by atoms with E-state index in [2.05, 4.69) is 33.1 Å². The first kappa shape index (κ1) is 47.9. The third-order valence-electron chi connectivity index (χ3n) is 14.6. The molecule has 6 fully saturated rings. The largest absolute Gasteiger partial charge is 0.459 e. The summed E-state index contributed by atoms with van der Waals surface area (Å²) in [4.78, 5) is 12.7. The fourth-order valence-electron chi connectivity index (χ4n) is 10.9. The Morgan fingerprint density at radius 1 is 1.02 bits per heavy atom. The average Bonchev–Trinajstić information content (AvgIpc) is 3.64. The first-order valence-electron chi connectivity index (χ1n) is 23.3. The van der Waals surface area contributed by atoms with Crippen LogP contribution in [0.25, 0.3) is 0 Å². The van der Waals surface area contributed by atoms with Gasteiger partial charge in [0.15, 0.2) is 17.2 Å². The zero-order valence-corrected chi connectivity index (χ0v) is 37.6. The first-order valence-corrected chi connectivity index (χ1v) is 23.3. The van der Waals surface area contributed by atoms with Gasteiger partial charge in [-0.25, -0.2) is 4.79 Å². The summed E-state index contributed by atoms with van der Waals surface area (Å²) in [5.74, 6) is -3.40. The fourth-order valence-corrected chi connectivity index (χ4v) is 10.9. The number of fused-ring (bicyclic) bond motifs is 1. The van der Waals surface area contributed by atoms with Crippen molar-refractivity contribution in [2.75, 3.05) is 19.8 Å². The van der Waals surface area contributed by atoms with Gasteiger partial charge in [-0.05, 0) is 101 Å². The highest BCUT2D eigenvalue weighted by molar-refractivity contribution is 5.78. The van der Waals surface area contributed by atoms with E-state index in [0.29, 0.717) is 62.0 Å². The molecule has 0 bridgehead atoms. The Hall–Kier alpha value is -2.05. The lowest BCUT2D eigenvalue weighted by Gasteiger charge is -2.50. The quantitative estimate of drug-likeness (QED) is 0.120. The number of aliphatic hydroxyl groups excluding tert-OH is 4. The van der Waals surface area contributed by atoms with Crippen LogP contribution in [-0.4, -0.2) is 135 Å². The van der Waals surface area contributed by atoms with Crippen LogP contribution in [0.4, 0.5) is 0 Å². The number of aliphatic hydroxyl groups is 5. The lowest BCUT2D eigenvalue weighted by Crippen LogP contribution is -2.60. The second-order valence-corrected chi connectivity index (χ2v) is 20.0. The van der Waals surface area contributed by atoms with Crippen LogP contribution in [0.1, 0.15) is 125 Å². The van der Waals surface area contributed by atoms with E-state index in [9.17, 15) is 30.3 Å². The lowest BCUT2D eigenvalue weighted by molar-refractivity contribution is -0.321. The van der Waals surface area contributed by atoms with Crippen molar-refractivity contribution in [3.63, 3.8) is 0 Å². The Kier molecular flexibility index (Phi) is 15.0. The summed E-state index contributed by atoms with van der Waals surface area (Å²) in [5.41, 5.74) is -0.151. The smallest absolute Gasteiger partial charge is 0.338 e. The number of rotatable bonds is 13.